The van der Waals surface area contributed by atoms with Gasteiger partial charge in [-0.2, -0.15) is 0 Å². The normalized spacial score (nSPS) is 10.5. The van der Waals surface area contributed by atoms with Gasteiger partial charge in [0, 0.05) is 6.07 Å². The summed E-state index contributed by atoms with van der Waals surface area (Å²) >= 11 is 5.72. The molecule has 0 fully saturated rings. The van der Waals surface area contributed by atoms with Gasteiger partial charge in [-0.3, -0.25) is 9.36 Å². The molecule has 0 unspecified atom stereocenters. The number of rotatable bonds is 2. The molecule has 88 valence electrons. The maximum absolute atomic E-state index is 11.8. The lowest BCUT2D eigenvalue weighted by Crippen LogP contribution is -2.23. The third-order valence-corrected chi connectivity index (χ3v) is 2.82. The van der Waals surface area contributed by atoms with E-state index in [1.807, 2.05) is 31.2 Å². The van der Waals surface area contributed by atoms with E-state index in [9.17, 15) is 4.79 Å². The monoisotopic (exact) mass is 248 g/mol. The molecule has 0 spiro atoms. The van der Waals surface area contributed by atoms with Crippen molar-refractivity contribution in [2.45, 2.75) is 20.4 Å². The number of halogens is 1. The molecule has 0 atom stereocenters. The number of hydrogen-bond acceptors (Lipinski definition) is 2. The molecular formula is C13H13ClN2O. The zero-order valence-electron chi connectivity index (χ0n) is 9.77. The van der Waals surface area contributed by atoms with E-state index < -0.39 is 0 Å². The Morgan fingerprint density at radius 3 is 2.47 bits per heavy atom. The van der Waals surface area contributed by atoms with E-state index in [-0.39, 0.29) is 10.7 Å². The van der Waals surface area contributed by atoms with Crippen molar-refractivity contribution < 1.29 is 0 Å². The van der Waals surface area contributed by atoms with Crippen LogP contribution in [-0.2, 0) is 6.54 Å². The predicted octanol–water partition coefficient (Wildman–Crippen LogP) is 2.56. The van der Waals surface area contributed by atoms with Crippen LogP contribution in [-0.4, -0.2) is 9.55 Å². The van der Waals surface area contributed by atoms with E-state index >= 15 is 0 Å². The number of hydrogen-bond donors (Lipinski definition) is 0. The van der Waals surface area contributed by atoms with Crippen LogP contribution in [0.3, 0.4) is 0 Å². The molecule has 0 N–H and O–H groups in total. The van der Waals surface area contributed by atoms with Crippen LogP contribution in [0.2, 0.25) is 5.15 Å². The van der Waals surface area contributed by atoms with Gasteiger partial charge in [-0.05, 0) is 19.4 Å². The van der Waals surface area contributed by atoms with Gasteiger partial charge in [0.15, 0.2) is 0 Å². The second-order valence-electron chi connectivity index (χ2n) is 4.04. The van der Waals surface area contributed by atoms with Crippen LogP contribution in [0.25, 0.3) is 0 Å². The maximum atomic E-state index is 11.8. The Hall–Kier alpha value is -1.61. The summed E-state index contributed by atoms with van der Waals surface area (Å²) in [4.78, 5) is 15.8. The van der Waals surface area contributed by atoms with Crippen molar-refractivity contribution in [3.63, 3.8) is 0 Å². The molecule has 2 rings (SSSR count). The Bertz CT molecular complexity index is 587. The highest BCUT2D eigenvalue weighted by atomic mass is 35.5. The molecule has 0 aliphatic heterocycles. The van der Waals surface area contributed by atoms with Gasteiger partial charge in [-0.15, -0.1) is 0 Å². The Labute approximate surface area is 105 Å². The van der Waals surface area contributed by atoms with Gasteiger partial charge in [0.05, 0.1) is 6.54 Å². The topological polar surface area (TPSA) is 34.9 Å². The number of nitrogens with zero attached hydrogens (tertiary/aromatic N) is 2. The highest BCUT2D eigenvalue weighted by molar-refractivity contribution is 6.29. The lowest BCUT2D eigenvalue weighted by Gasteiger charge is -2.09. The third-order valence-electron chi connectivity index (χ3n) is 2.63. The molecule has 0 amide bonds. The minimum Gasteiger partial charge on any atom is -0.292 e. The van der Waals surface area contributed by atoms with Crippen molar-refractivity contribution in [3.05, 3.63) is 62.8 Å². The SMILES string of the molecule is Cc1ccc(Cn2c(C)nc(Cl)cc2=O)cc1. The highest BCUT2D eigenvalue weighted by Gasteiger charge is 2.04. The zero-order valence-corrected chi connectivity index (χ0v) is 10.5. The molecule has 2 aromatic rings. The van der Waals surface area contributed by atoms with Crippen molar-refractivity contribution in [1.29, 1.82) is 0 Å². The van der Waals surface area contributed by atoms with Crippen LogP contribution in [0.5, 0.6) is 0 Å². The molecular weight excluding hydrogens is 236 g/mol. The lowest BCUT2D eigenvalue weighted by molar-refractivity contribution is 0.700. The number of aryl methyl sites for hydroxylation is 2. The summed E-state index contributed by atoms with van der Waals surface area (Å²) in [5, 5.41) is 0.243. The first-order valence-electron chi connectivity index (χ1n) is 5.36. The molecule has 1 aromatic heterocycles. The Kier molecular flexibility index (Phi) is 3.29. The molecule has 0 saturated heterocycles. The molecule has 3 nitrogen and oxygen atoms in total. The summed E-state index contributed by atoms with van der Waals surface area (Å²) in [5.41, 5.74) is 2.15. The lowest BCUT2D eigenvalue weighted by atomic mass is 10.1. The van der Waals surface area contributed by atoms with Crippen LogP contribution < -0.4 is 5.56 Å². The summed E-state index contributed by atoms with van der Waals surface area (Å²) in [5.74, 6) is 0.628. The molecule has 0 saturated carbocycles. The first kappa shape index (κ1) is 11.9. The van der Waals surface area contributed by atoms with E-state index in [4.69, 9.17) is 11.6 Å². The molecule has 0 aliphatic carbocycles. The summed E-state index contributed by atoms with van der Waals surface area (Å²) < 4.78 is 1.61. The fourth-order valence-corrected chi connectivity index (χ4v) is 1.87. The fraction of sp³-hybridized carbons (Fsp3) is 0.231. The van der Waals surface area contributed by atoms with Gasteiger partial charge in [-0.25, -0.2) is 4.98 Å². The van der Waals surface area contributed by atoms with Gasteiger partial charge in [0.25, 0.3) is 5.56 Å². The first-order chi connectivity index (χ1) is 8.06. The molecule has 17 heavy (non-hydrogen) atoms. The van der Waals surface area contributed by atoms with E-state index in [2.05, 4.69) is 4.98 Å². The van der Waals surface area contributed by atoms with Crippen molar-refractivity contribution in [2.75, 3.05) is 0 Å². The van der Waals surface area contributed by atoms with Crippen molar-refractivity contribution >= 4 is 11.6 Å². The van der Waals surface area contributed by atoms with Crippen molar-refractivity contribution in [3.8, 4) is 0 Å². The summed E-state index contributed by atoms with van der Waals surface area (Å²) in [7, 11) is 0. The average Bonchev–Trinajstić information content (AvgIpc) is 2.26. The minimum absolute atomic E-state index is 0.122. The molecule has 0 bridgehead atoms. The second kappa shape index (κ2) is 4.72. The Morgan fingerprint density at radius 1 is 1.24 bits per heavy atom. The summed E-state index contributed by atoms with van der Waals surface area (Å²) in [6, 6.07) is 9.41. The van der Waals surface area contributed by atoms with Crippen molar-refractivity contribution in [2.24, 2.45) is 0 Å². The third kappa shape index (κ3) is 2.74. The first-order valence-corrected chi connectivity index (χ1v) is 5.73. The van der Waals surface area contributed by atoms with Crippen LogP contribution >= 0.6 is 11.6 Å². The average molecular weight is 249 g/mol. The maximum Gasteiger partial charge on any atom is 0.255 e. The molecule has 1 heterocycles. The van der Waals surface area contributed by atoms with Crippen LogP contribution in [0, 0.1) is 13.8 Å². The van der Waals surface area contributed by atoms with Gasteiger partial charge >= 0.3 is 0 Å². The second-order valence-corrected chi connectivity index (χ2v) is 4.42. The Morgan fingerprint density at radius 2 is 1.88 bits per heavy atom. The summed E-state index contributed by atoms with van der Waals surface area (Å²) in [6.45, 7) is 4.33. The van der Waals surface area contributed by atoms with Crippen LogP contribution in [0.4, 0.5) is 0 Å². The molecule has 0 radical (unpaired) electrons. The van der Waals surface area contributed by atoms with E-state index in [0.29, 0.717) is 12.4 Å². The van der Waals surface area contributed by atoms with Crippen LogP contribution in [0.15, 0.2) is 35.1 Å². The molecule has 4 heteroatoms. The van der Waals surface area contributed by atoms with Crippen molar-refractivity contribution in [1.82, 2.24) is 9.55 Å². The van der Waals surface area contributed by atoms with E-state index in [0.717, 1.165) is 5.56 Å². The Balaban J connectivity index is 2.36. The smallest absolute Gasteiger partial charge is 0.255 e. The quantitative estimate of drug-likeness (QED) is 0.766. The predicted molar refractivity (Wildman–Crippen MR) is 68.5 cm³/mol. The largest absolute Gasteiger partial charge is 0.292 e. The molecule has 1 aromatic carbocycles. The van der Waals surface area contributed by atoms with Crippen LogP contribution in [0.1, 0.15) is 17.0 Å². The highest BCUT2D eigenvalue weighted by Crippen LogP contribution is 2.07. The van der Waals surface area contributed by atoms with E-state index in [1.165, 1.54) is 11.6 Å². The van der Waals surface area contributed by atoms with E-state index in [1.54, 1.807) is 11.5 Å². The van der Waals surface area contributed by atoms with Gasteiger partial charge < -0.3 is 0 Å². The fourth-order valence-electron chi connectivity index (χ4n) is 1.65. The standard InChI is InChI=1S/C13H13ClN2O/c1-9-3-5-11(6-4-9)8-16-10(2)15-12(14)7-13(16)17/h3-7H,8H2,1-2H3. The van der Waals surface area contributed by atoms with Gasteiger partial charge in [0.2, 0.25) is 0 Å². The van der Waals surface area contributed by atoms with Gasteiger partial charge in [-0.1, -0.05) is 41.4 Å². The summed E-state index contributed by atoms with van der Waals surface area (Å²) in [6.07, 6.45) is 0. The number of aromatic nitrogens is 2. The van der Waals surface area contributed by atoms with Gasteiger partial charge in [0.1, 0.15) is 11.0 Å². The molecule has 0 aliphatic rings. The minimum atomic E-state index is -0.122. The number of benzene rings is 1. The zero-order chi connectivity index (χ0) is 12.4.